The maximum atomic E-state index is 13.1. The normalized spacial score (nSPS) is 25.8. The van der Waals surface area contributed by atoms with Gasteiger partial charge in [0.2, 0.25) is 5.91 Å². The summed E-state index contributed by atoms with van der Waals surface area (Å²) in [6, 6.07) is 3.99. The number of carboxylic acid groups (broad SMARTS) is 1. The van der Waals surface area contributed by atoms with Gasteiger partial charge in [-0.3, -0.25) is 14.5 Å². The molecule has 0 aromatic heterocycles. The number of carbonyl (C=O) groups is 2. The Balaban J connectivity index is 0.00000208. The van der Waals surface area contributed by atoms with Crippen molar-refractivity contribution in [2.24, 2.45) is 11.3 Å². The number of carbonyl (C=O) groups excluding carboxylic acids is 1. The number of carboxylic acids is 1. The van der Waals surface area contributed by atoms with Gasteiger partial charge in [-0.15, -0.1) is 12.4 Å². The van der Waals surface area contributed by atoms with Crippen LogP contribution >= 0.6 is 24.0 Å². The van der Waals surface area contributed by atoms with Gasteiger partial charge in [-0.2, -0.15) is 0 Å². The molecule has 3 rings (SSSR count). The summed E-state index contributed by atoms with van der Waals surface area (Å²) in [5.74, 6) is -1.44. The molecule has 2 aliphatic rings. The molecule has 2 atom stereocenters. The van der Waals surface area contributed by atoms with Crippen LogP contribution in [0.3, 0.4) is 0 Å². The van der Waals surface area contributed by atoms with Crippen molar-refractivity contribution in [3.8, 4) is 0 Å². The fourth-order valence-corrected chi connectivity index (χ4v) is 4.02. The van der Waals surface area contributed by atoms with Gasteiger partial charge in [0.15, 0.2) is 0 Å². The molecule has 132 valence electrons. The predicted octanol–water partition coefficient (Wildman–Crippen LogP) is 3.03. The van der Waals surface area contributed by atoms with Crippen molar-refractivity contribution in [1.82, 2.24) is 4.90 Å². The number of benzene rings is 1. The second kappa shape index (κ2) is 7.25. The van der Waals surface area contributed by atoms with E-state index in [1.807, 2.05) is 4.90 Å². The van der Waals surface area contributed by atoms with E-state index in [0.717, 1.165) is 12.8 Å². The summed E-state index contributed by atoms with van der Waals surface area (Å²) in [6.45, 7) is 1.16. The van der Waals surface area contributed by atoms with Crippen LogP contribution in [0.4, 0.5) is 10.1 Å². The highest BCUT2D eigenvalue weighted by molar-refractivity contribution is 6.31. The van der Waals surface area contributed by atoms with Crippen LogP contribution in [0.5, 0.6) is 0 Å². The van der Waals surface area contributed by atoms with Gasteiger partial charge in [0.05, 0.1) is 17.0 Å². The summed E-state index contributed by atoms with van der Waals surface area (Å²) in [4.78, 5) is 25.6. The number of amides is 1. The Labute approximate surface area is 150 Å². The van der Waals surface area contributed by atoms with Crippen LogP contribution in [-0.4, -0.2) is 41.5 Å². The highest BCUT2D eigenvalue weighted by Crippen LogP contribution is 2.48. The first-order valence-electron chi connectivity index (χ1n) is 7.61. The summed E-state index contributed by atoms with van der Waals surface area (Å²) >= 11 is 5.68. The number of rotatable bonds is 4. The number of nitrogens with zero attached hydrogens (tertiary/aromatic N) is 1. The number of hydrogen-bond acceptors (Lipinski definition) is 3. The van der Waals surface area contributed by atoms with E-state index in [4.69, 9.17) is 11.6 Å². The minimum Gasteiger partial charge on any atom is -0.481 e. The first kappa shape index (κ1) is 19.0. The maximum absolute atomic E-state index is 13.1. The largest absolute Gasteiger partial charge is 0.481 e. The van der Waals surface area contributed by atoms with Crippen molar-refractivity contribution < 1.29 is 19.1 Å². The summed E-state index contributed by atoms with van der Waals surface area (Å²) in [5.41, 5.74) is -0.270. The Kier molecular flexibility index (Phi) is 5.73. The monoisotopic (exact) mass is 376 g/mol. The zero-order valence-electron chi connectivity index (χ0n) is 12.9. The summed E-state index contributed by atoms with van der Waals surface area (Å²) < 4.78 is 13.1. The number of nitrogens with one attached hydrogen (secondary N) is 1. The molecule has 2 fully saturated rings. The topological polar surface area (TPSA) is 69.6 Å². The smallest absolute Gasteiger partial charge is 0.311 e. The first-order chi connectivity index (χ1) is 10.9. The molecule has 5 nitrogen and oxygen atoms in total. The van der Waals surface area contributed by atoms with Crippen LogP contribution in [0.15, 0.2) is 18.2 Å². The highest BCUT2D eigenvalue weighted by atomic mass is 35.5. The van der Waals surface area contributed by atoms with Crippen LogP contribution in [0, 0.1) is 17.2 Å². The number of hydrogen-bond donors (Lipinski definition) is 2. The van der Waals surface area contributed by atoms with Gasteiger partial charge < -0.3 is 10.4 Å². The average Bonchev–Trinajstić information content (AvgIpc) is 3.00. The molecule has 1 saturated heterocycles. The van der Waals surface area contributed by atoms with E-state index in [1.54, 1.807) is 0 Å². The Morgan fingerprint density at radius 2 is 2.21 bits per heavy atom. The van der Waals surface area contributed by atoms with E-state index in [-0.39, 0.29) is 35.8 Å². The third-order valence-corrected chi connectivity index (χ3v) is 5.23. The Morgan fingerprint density at radius 1 is 1.46 bits per heavy atom. The third-order valence-electron chi connectivity index (χ3n) is 4.94. The van der Waals surface area contributed by atoms with Crippen molar-refractivity contribution in [2.75, 3.05) is 25.0 Å². The van der Waals surface area contributed by atoms with Crippen molar-refractivity contribution in [2.45, 2.75) is 19.3 Å². The predicted molar refractivity (Wildman–Crippen MR) is 91.1 cm³/mol. The van der Waals surface area contributed by atoms with E-state index in [2.05, 4.69) is 5.32 Å². The van der Waals surface area contributed by atoms with Gasteiger partial charge in [0, 0.05) is 18.8 Å². The standard InChI is InChI=1S/C16H18ClFN2O3.ClH/c17-12-6-11(3-4-13(12)18)19-14(21)8-20-7-10-2-1-5-16(10,9-20)15(22)23;/h3-4,6,10H,1-2,5,7-9H2,(H,19,21)(H,22,23);1H/t10-,16+;/m0./s1. The van der Waals surface area contributed by atoms with Gasteiger partial charge in [-0.25, -0.2) is 4.39 Å². The van der Waals surface area contributed by atoms with Crippen LogP contribution in [0.1, 0.15) is 19.3 Å². The molecule has 1 saturated carbocycles. The van der Waals surface area contributed by atoms with Crippen molar-refractivity contribution >= 4 is 41.6 Å². The van der Waals surface area contributed by atoms with Gasteiger partial charge in [0.1, 0.15) is 5.82 Å². The van der Waals surface area contributed by atoms with Crippen molar-refractivity contribution in [3.05, 3.63) is 29.0 Å². The lowest BCUT2D eigenvalue weighted by Crippen LogP contribution is -2.37. The Bertz CT molecular complexity index is 658. The van der Waals surface area contributed by atoms with Crippen molar-refractivity contribution in [3.63, 3.8) is 0 Å². The first-order valence-corrected chi connectivity index (χ1v) is 7.99. The van der Waals surface area contributed by atoms with Gasteiger partial charge in [-0.1, -0.05) is 18.0 Å². The van der Waals surface area contributed by atoms with Gasteiger partial charge in [-0.05, 0) is 37.0 Å². The molecule has 0 radical (unpaired) electrons. The number of aliphatic carboxylic acids is 1. The number of halogens is 3. The molecule has 8 heteroatoms. The van der Waals surface area contributed by atoms with Crippen LogP contribution in [0.2, 0.25) is 5.02 Å². The van der Waals surface area contributed by atoms with Gasteiger partial charge in [0.25, 0.3) is 0 Å². The number of anilines is 1. The van der Waals surface area contributed by atoms with E-state index < -0.39 is 17.2 Å². The van der Waals surface area contributed by atoms with Crippen LogP contribution < -0.4 is 5.32 Å². The number of likely N-dealkylation sites (tertiary alicyclic amines) is 1. The van der Waals surface area contributed by atoms with E-state index in [1.165, 1.54) is 18.2 Å². The van der Waals surface area contributed by atoms with E-state index in [0.29, 0.717) is 25.2 Å². The molecule has 1 aromatic rings. The molecular formula is C16H19Cl2FN2O3. The summed E-state index contributed by atoms with van der Waals surface area (Å²) in [5, 5.41) is 12.2. The zero-order chi connectivity index (χ0) is 16.6. The molecule has 1 amide bonds. The average molecular weight is 377 g/mol. The second-order valence-electron chi connectivity index (χ2n) is 6.40. The maximum Gasteiger partial charge on any atom is 0.311 e. The van der Waals surface area contributed by atoms with Crippen molar-refractivity contribution in [1.29, 1.82) is 0 Å². The molecule has 1 aromatic carbocycles. The minimum absolute atomic E-state index is 0. The fourth-order valence-electron chi connectivity index (χ4n) is 3.84. The lowest BCUT2D eigenvalue weighted by atomic mass is 9.81. The molecule has 1 aliphatic heterocycles. The highest BCUT2D eigenvalue weighted by Gasteiger charge is 2.54. The zero-order valence-corrected chi connectivity index (χ0v) is 14.5. The Hall–Kier alpha value is -1.37. The molecule has 1 heterocycles. The lowest BCUT2D eigenvalue weighted by Gasteiger charge is -2.23. The summed E-state index contributed by atoms with van der Waals surface area (Å²) in [6.07, 6.45) is 2.52. The van der Waals surface area contributed by atoms with Crippen LogP contribution in [-0.2, 0) is 9.59 Å². The van der Waals surface area contributed by atoms with Gasteiger partial charge >= 0.3 is 5.97 Å². The molecule has 2 N–H and O–H groups in total. The fraction of sp³-hybridized carbons (Fsp3) is 0.500. The van der Waals surface area contributed by atoms with Crippen LogP contribution in [0.25, 0.3) is 0 Å². The molecule has 24 heavy (non-hydrogen) atoms. The molecular weight excluding hydrogens is 358 g/mol. The molecule has 1 aliphatic carbocycles. The molecule has 0 bridgehead atoms. The third kappa shape index (κ3) is 3.50. The molecule has 0 spiro atoms. The number of fused-ring (bicyclic) bond motifs is 1. The Morgan fingerprint density at radius 3 is 2.83 bits per heavy atom. The minimum atomic E-state index is -0.756. The molecule has 0 unspecified atom stereocenters. The SMILES string of the molecule is Cl.O=C(CN1C[C@@H]2CCC[C@@]2(C(=O)O)C1)Nc1ccc(F)c(Cl)c1. The second-order valence-corrected chi connectivity index (χ2v) is 6.80. The van der Waals surface area contributed by atoms with E-state index >= 15 is 0 Å². The van der Waals surface area contributed by atoms with E-state index in [9.17, 15) is 19.1 Å². The lowest BCUT2D eigenvalue weighted by molar-refractivity contribution is -0.149. The summed E-state index contributed by atoms with van der Waals surface area (Å²) in [7, 11) is 0. The quantitative estimate of drug-likeness (QED) is 0.847.